The first kappa shape index (κ1) is 18.7. The van der Waals surface area contributed by atoms with Crippen LogP contribution in [0.15, 0.2) is 0 Å². The monoisotopic (exact) mass is 288 g/mol. The van der Waals surface area contributed by atoms with E-state index in [4.69, 9.17) is 9.84 Å². The van der Waals surface area contributed by atoms with Crippen molar-refractivity contribution in [3.8, 4) is 0 Å². The van der Waals surface area contributed by atoms with Gasteiger partial charge in [-0.05, 0) is 18.3 Å². The van der Waals surface area contributed by atoms with Crippen LogP contribution >= 0.6 is 0 Å². The number of carboxylic acids is 1. The van der Waals surface area contributed by atoms with Crippen molar-refractivity contribution < 1.29 is 19.4 Å². The number of nitrogens with one attached hydrogen (secondary N) is 2. The fourth-order valence-corrected chi connectivity index (χ4v) is 1.57. The fourth-order valence-electron chi connectivity index (χ4n) is 1.57. The molecule has 118 valence electrons. The average molecular weight is 288 g/mol. The summed E-state index contributed by atoms with van der Waals surface area (Å²) < 4.78 is 5.39. The zero-order valence-electron chi connectivity index (χ0n) is 12.9. The van der Waals surface area contributed by atoms with Gasteiger partial charge in [0.1, 0.15) is 6.04 Å². The first-order valence-electron chi connectivity index (χ1n) is 7.23. The van der Waals surface area contributed by atoms with Crippen LogP contribution in [0.3, 0.4) is 0 Å². The molecule has 0 heterocycles. The predicted molar refractivity (Wildman–Crippen MR) is 77.7 cm³/mol. The van der Waals surface area contributed by atoms with E-state index < -0.39 is 18.0 Å². The van der Waals surface area contributed by atoms with Gasteiger partial charge in [-0.25, -0.2) is 9.59 Å². The SMILES string of the molecule is CCC(C)[C@H](NC(=O)NCCCOCC(C)C)C(=O)O. The molecule has 2 atom stereocenters. The number of amides is 2. The Morgan fingerprint density at radius 3 is 2.40 bits per heavy atom. The molecule has 3 N–H and O–H groups in total. The third-order valence-electron chi connectivity index (χ3n) is 2.97. The molecule has 0 radical (unpaired) electrons. The molecule has 0 aromatic rings. The number of carbonyl (C=O) groups excluding carboxylic acids is 1. The molecule has 0 fully saturated rings. The van der Waals surface area contributed by atoms with Gasteiger partial charge in [-0.2, -0.15) is 0 Å². The highest BCUT2D eigenvalue weighted by molar-refractivity contribution is 5.82. The zero-order valence-corrected chi connectivity index (χ0v) is 12.9. The van der Waals surface area contributed by atoms with E-state index in [1.807, 2.05) is 6.92 Å². The second-order valence-corrected chi connectivity index (χ2v) is 5.42. The summed E-state index contributed by atoms with van der Waals surface area (Å²) in [6.07, 6.45) is 1.40. The Hall–Kier alpha value is -1.30. The van der Waals surface area contributed by atoms with Crippen LogP contribution < -0.4 is 10.6 Å². The van der Waals surface area contributed by atoms with Crippen LogP contribution in [0.2, 0.25) is 0 Å². The Labute approximate surface area is 121 Å². The van der Waals surface area contributed by atoms with Gasteiger partial charge in [0, 0.05) is 19.8 Å². The Bertz CT molecular complexity index is 295. The maximum Gasteiger partial charge on any atom is 0.326 e. The number of ether oxygens (including phenoxy) is 1. The lowest BCUT2D eigenvalue weighted by atomic mass is 9.99. The first-order valence-corrected chi connectivity index (χ1v) is 7.23. The molecule has 0 bridgehead atoms. The maximum absolute atomic E-state index is 11.6. The Morgan fingerprint density at radius 2 is 1.90 bits per heavy atom. The Balaban J connectivity index is 3.83. The van der Waals surface area contributed by atoms with Crippen molar-refractivity contribution >= 4 is 12.0 Å². The Kier molecular flexibility index (Phi) is 9.80. The van der Waals surface area contributed by atoms with Crippen molar-refractivity contribution in [1.82, 2.24) is 10.6 Å². The number of carboxylic acid groups (broad SMARTS) is 1. The third-order valence-corrected chi connectivity index (χ3v) is 2.97. The summed E-state index contributed by atoms with van der Waals surface area (Å²) in [5.74, 6) is -0.611. The largest absolute Gasteiger partial charge is 0.480 e. The summed E-state index contributed by atoms with van der Waals surface area (Å²) in [5, 5.41) is 14.2. The minimum atomic E-state index is -1.00. The van der Waals surface area contributed by atoms with Gasteiger partial charge in [0.25, 0.3) is 0 Å². The smallest absolute Gasteiger partial charge is 0.326 e. The van der Waals surface area contributed by atoms with Crippen LogP contribution in [0, 0.1) is 11.8 Å². The molecule has 0 aromatic heterocycles. The van der Waals surface area contributed by atoms with Gasteiger partial charge in [0.05, 0.1) is 0 Å². The van der Waals surface area contributed by atoms with Crippen molar-refractivity contribution in [2.24, 2.45) is 11.8 Å². The van der Waals surface area contributed by atoms with Crippen LogP contribution in [0.5, 0.6) is 0 Å². The first-order chi connectivity index (χ1) is 9.38. The molecule has 0 aromatic carbocycles. The lowest BCUT2D eigenvalue weighted by Gasteiger charge is -2.20. The minimum absolute atomic E-state index is 0.104. The van der Waals surface area contributed by atoms with Gasteiger partial charge >= 0.3 is 12.0 Å². The van der Waals surface area contributed by atoms with E-state index in [9.17, 15) is 9.59 Å². The van der Waals surface area contributed by atoms with Crippen LogP contribution in [0.4, 0.5) is 4.79 Å². The highest BCUT2D eigenvalue weighted by Crippen LogP contribution is 2.07. The van der Waals surface area contributed by atoms with E-state index in [0.29, 0.717) is 38.5 Å². The zero-order chi connectivity index (χ0) is 15.5. The molecule has 0 saturated heterocycles. The highest BCUT2D eigenvalue weighted by Gasteiger charge is 2.24. The van der Waals surface area contributed by atoms with Crippen molar-refractivity contribution in [3.05, 3.63) is 0 Å². The second kappa shape index (κ2) is 10.5. The molecule has 0 saturated carbocycles. The molecule has 0 aliphatic carbocycles. The number of hydrogen-bond acceptors (Lipinski definition) is 3. The van der Waals surface area contributed by atoms with Crippen molar-refractivity contribution in [2.45, 2.75) is 46.6 Å². The fraction of sp³-hybridized carbons (Fsp3) is 0.857. The molecule has 0 aliphatic heterocycles. The number of urea groups is 1. The van der Waals surface area contributed by atoms with E-state index in [2.05, 4.69) is 24.5 Å². The lowest BCUT2D eigenvalue weighted by Crippen LogP contribution is -2.49. The van der Waals surface area contributed by atoms with Gasteiger partial charge in [-0.15, -0.1) is 0 Å². The Morgan fingerprint density at radius 1 is 1.25 bits per heavy atom. The van der Waals surface area contributed by atoms with Crippen LogP contribution in [0.25, 0.3) is 0 Å². The summed E-state index contributed by atoms with van der Waals surface area (Å²) in [7, 11) is 0. The second-order valence-electron chi connectivity index (χ2n) is 5.42. The molecule has 20 heavy (non-hydrogen) atoms. The van der Waals surface area contributed by atoms with E-state index >= 15 is 0 Å². The van der Waals surface area contributed by atoms with Gasteiger partial charge in [-0.3, -0.25) is 0 Å². The molecule has 0 aliphatic rings. The van der Waals surface area contributed by atoms with E-state index in [1.165, 1.54) is 0 Å². The number of aliphatic carboxylic acids is 1. The molecule has 6 heteroatoms. The minimum Gasteiger partial charge on any atom is -0.480 e. The van der Waals surface area contributed by atoms with Gasteiger partial charge < -0.3 is 20.5 Å². The molecule has 6 nitrogen and oxygen atoms in total. The van der Waals surface area contributed by atoms with Gasteiger partial charge in [-0.1, -0.05) is 34.1 Å². The number of carbonyl (C=O) groups is 2. The molecule has 2 amide bonds. The summed E-state index contributed by atoms with van der Waals surface area (Å²) in [6.45, 7) is 9.62. The summed E-state index contributed by atoms with van der Waals surface area (Å²) >= 11 is 0. The summed E-state index contributed by atoms with van der Waals surface area (Å²) in [6, 6.07) is -1.29. The normalized spacial score (nSPS) is 13.8. The average Bonchev–Trinajstić information content (AvgIpc) is 2.38. The van der Waals surface area contributed by atoms with Crippen LogP contribution in [-0.4, -0.2) is 42.9 Å². The van der Waals surface area contributed by atoms with E-state index in [-0.39, 0.29) is 5.92 Å². The van der Waals surface area contributed by atoms with Crippen LogP contribution in [0.1, 0.15) is 40.5 Å². The maximum atomic E-state index is 11.6. The van der Waals surface area contributed by atoms with Gasteiger partial charge in [0.15, 0.2) is 0 Å². The molecule has 0 spiro atoms. The summed E-state index contributed by atoms with van der Waals surface area (Å²) in [5.41, 5.74) is 0. The number of rotatable bonds is 10. The molecular weight excluding hydrogens is 260 g/mol. The highest BCUT2D eigenvalue weighted by atomic mass is 16.5. The molecule has 1 unspecified atom stereocenters. The van der Waals surface area contributed by atoms with Gasteiger partial charge in [0.2, 0.25) is 0 Å². The quantitative estimate of drug-likeness (QED) is 0.535. The molecule has 0 rings (SSSR count). The van der Waals surface area contributed by atoms with E-state index in [0.717, 1.165) is 0 Å². The van der Waals surface area contributed by atoms with Crippen LogP contribution in [-0.2, 0) is 9.53 Å². The van der Waals surface area contributed by atoms with E-state index in [1.54, 1.807) is 6.92 Å². The van der Waals surface area contributed by atoms with Crippen molar-refractivity contribution in [2.75, 3.05) is 19.8 Å². The molecular formula is C14H28N2O4. The standard InChI is InChI=1S/C14H28N2O4/c1-5-11(4)12(13(17)18)16-14(19)15-7-6-8-20-9-10(2)3/h10-12H,5-9H2,1-4H3,(H,17,18)(H2,15,16,19)/t11?,12-/m0/s1. The third kappa shape index (κ3) is 8.74. The lowest BCUT2D eigenvalue weighted by molar-refractivity contribution is -0.140. The van der Waals surface area contributed by atoms with Crippen molar-refractivity contribution in [3.63, 3.8) is 0 Å². The topological polar surface area (TPSA) is 87.7 Å². The number of hydrogen-bond donors (Lipinski definition) is 3. The van der Waals surface area contributed by atoms with Crippen molar-refractivity contribution in [1.29, 1.82) is 0 Å². The predicted octanol–water partition coefficient (Wildman–Crippen LogP) is 1.85. The summed E-state index contributed by atoms with van der Waals surface area (Å²) in [4.78, 5) is 22.6.